The standard InChI is InChI=1S/C25H21N5O3/c1-16-7-9-17(10-8-16)24-27-25(33-29-24)23-20-5-3-4-6-21(20)30(28-23)15-22(31)26-18-11-13-19(32-2)14-12-18/h3-14H,15H2,1-2H3,(H,26,31). The predicted octanol–water partition coefficient (Wildman–Crippen LogP) is 4.71. The summed E-state index contributed by atoms with van der Waals surface area (Å²) in [5.41, 5.74) is 4.02. The van der Waals surface area contributed by atoms with Gasteiger partial charge in [0.1, 0.15) is 12.3 Å². The Bertz CT molecular complexity index is 1420. The van der Waals surface area contributed by atoms with Crippen LogP contribution in [0.3, 0.4) is 0 Å². The van der Waals surface area contributed by atoms with Crippen molar-refractivity contribution in [1.29, 1.82) is 0 Å². The molecule has 8 nitrogen and oxygen atoms in total. The number of carbonyl (C=O) groups is 1. The van der Waals surface area contributed by atoms with Gasteiger partial charge >= 0.3 is 0 Å². The van der Waals surface area contributed by atoms with Gasteiger partial charge in [0.05, 0.1) is 12.6 Å². The number of anilines is 1. The van der Waals surface area contributed by atoms with E-state index in [4.69, 9.17) is 9.26 Å². The molecule has 5 rings (SSSR count). The van der Waals surface area contributed by atoms with Crippen molar-refractivity contribution in [2.75, 3.05) is 12.4 Å². The minimum atomic E-state index is -0.203. The first-order chi connectivity index (χ1) is 16.1. The van der Waals surface area contributed by atoms with E-state index in [2.05, 4.69) is 20.6 Å². The van der Waals surface area contributed by atoms with Crippen molar-refractivity contribution in [3.8, 4) is 28.7 Å². The maximum Gasteiger partial charge on any atom is 0.279 e. The molecule has 1 amide bonds. The fourth-order valence-electron chi connectivity index (χ4n) is 3.56. The summed E-state index contributed by atoms with van der Waals surface area (Å²) >= 11 is 0. The predicted molar refractivity (Wildman–Crippen MR) is 125 cm³/mol. The van der Waals surface area contributed by atoms with Crippen molar-refractivity contribution in [2.45, 2.75) is 13.5 Å². The molecule has 0 atom stereocenters. The number of hydrogen-bond donors (Lipinski definition) is 1. The summed E-state index contributed by atoms with van der Waals surface area (Å²) in [5.74, 6) is 1.31. The fraction of sp³-hybridized carbons (Fsp3) is 0.120. The van der Waals surface area contributed by atoms with Crippen LogP contribution in [0.5, 0.6) is 5.75 Å². The maximum atomic E-state index is 12.7. The second-order valence-corrected chi connectivity index (χ2v) is 7.59. The lowest BCUT2D eigenvalue weighted by Crippen LogP contribution is -2.19. The number of methoxy groups -OCH3 is 1. The normalized spacial score (nSPS) is 11.0. The number of amides is 1. The summed E-state index contributed by atoms with van der Waals surface area (Å²) < 4.78 is 12.3. The van der Waals surface area contributed by atoms with Crippen LogP contribution in [0.1, 0.15) is 5.56 Å². The van der Waals surface area contributed by atoms with Gasteiger partial charge in [-0.05, 0) is 37.3 Å². The SMILES string of the molecule is COc1ccc(NC(=O)Cn2nc(-c3nc(-c4ccc(C)cc4)no3)c3ccccc32)cc1. The van der Waals surface area contributed by atoms with Crippen LogP contribution in [-0.2, 0) is 11.3 Å². The lowest BCUT2D eigenvalue weighted by Gasteiger charge is -2.07. The average Bonchev–Trinajstić information content (AvgIpc) is 3.46. The highest BCUT2D eigenvalue weighted by Gasteiger charge is 2.19. The molecule has 0 aliphatic heterocycles. The highest BCUT2D eigenvalue weighted by Crippen LogP contribution is 2.28. The first-order valence-electron chi connectivity index (χ1n) is 10.4. The Hall–Kier alpha value is -4.46. The van der Waals surface area contributed by atoms with Gasteiger partial charge in [0.2, 0.25) is 11.7 Å². The molecule has 2 aromatic heterocycles. The van der Waals surface area contributed by atoms with Gasteiger partial charge in [-0.1, -0.05) is 53.2 Å². The Morgan fingerprint density at radius 2 is 1.79 bits per heavy atom. The molecule has 0 aliphatic carbocycles. The summed E-state index contributed by atoms with van der Waals surface area (Å²) in [4.78, 5) is 17.2. The number of fused-ring (bicyclic) bond motifs is 1. The van der Waals surface area contributed by atoms with Crippen molar-refractivity contribution in [3.05, 3.63) is 78.4 Å². The third kappa shape index (κ3) is 4.18. The van der Waals surface area contributed by atoms with E-state index in [1.807, 2.05) is 55.5 Å². The Kier molecular flexibility index (Phi) is 5.32. The number of carbonyl (C=O) groups excluding carboxylic acids is 1. The molecule has 33 heavy (non-hydrogen) atoms. The second-order valence-electron chi connectivity index (χ2n) is 7.59. The first-order valence-corrected chi connectivity index (χ1v) is 10.4. The fourth-order valence-corrected chi connectivity index (χ4v) is 3.56. The van der Waals surface area contributed by atoms with E-state index in [0.717, 1.165) is 27.8 Å². The third-order valence-electron chi connectivity index (χ3n) is 5.26. The zero-order chi connectivity index (χ0) is 22.8. The summed E-state index contributed by atoms with van der Waals surface area (Å²) in [6, 6.07) is 22.7. The van der Waals surface area contributed by atoms with Gasteiger partial charge in [0, 0.05) is 16.6 Å². The van der Waals surface area contributed by atoms with Crippen molar-refractivity contribution < 1.29 is 14.1 Å². The lowest BCUT2D eigenvalue weighted by atomic mass is 10.1. The molecule has 5 aromatic rings. The monoisotopic (exact) mass is 439 g/mol. The van der Waals surface area contributed by atoms with Crippen LogP contribution in [-0.4, -0.2) is 32.9 Å². The third-order valence-corrected chi connectivity index (χ3v) is 5.26. The Balaban J connectivity index is 1.42. The maximum absolute atomic E-state index is 12.7. The Labute approximate surface area is 189 Å². The molecule has 0 saturated carbocycles. The highest BCUT2D eigenvalue weighted by molar-refractivity contribution is 5.94. The molecule has 0 radical (unpaired) electrons. The van der Waals surface area contributed by atoms with Gasteiger partial charge < -0.3 is 14.6 Å². The van der Waals surface area contributed by atoms with E-state index in [1.165, 1.54) is 0 Å². The lowest BCUT2D eigenvalue weighted by molar-refractivity contribution is -0.116. The van der Waals surface area contributed by atoms with Gasteiger partial charge in [0.15, 0.2) is 5.69 Å². The van der Waals surface area contributed by atoms with Crippen LogP contribution in [0, 0.1) is 6.92 Å². The molecule has 8 heteroatoms. The number of aromatic nitrogens is 4. The van der Waals surface area contributed by atoms with E-state index in [-0.39, 0.29) is 12.5 Å². The van der Waals surface area contributed by atoms with Crippen LogP contribution in [0.25, 0.3) is 33.9 Å². The van der Waals surface area contributed by atoms with Crippen molar-refractivity contribution in [2.24, 2.45) is 0 Å². The molecule has 2 heterocycles. The number of aryl methyl sites for hydroxylation is 1. The average molecular weight is 439 g/mol. The number of ether oxygens (including phenoxy) is 1. The number of para-hydroxylation sites is 1. The van der Waals surface area contributed by atoms with Crippen molar-refractivity contribution in [3.63, 3.8) is 0 Å². The number of nitrogens with zero attached hydrogens (tertiary/aromatic N) is 4. The van der Waals surface area contributed by atoms with Crippen LogP contribution in [0.2, 0.25) is 0 Å². The summed E-state index contributed by atoms with van der Waals surface area (Å²) in [5, 5.41) is 12.5. The Morgan fingerprint density at radius 1 is 1.03 bits per heavy atom. The molecule has 0 spiro atoms. The number of nitrogens with one attached hydrogen (secondary N) is 1. The molecule has 3 aromatic carbocycles. The molecule has 0 bridgehead atoms. The summed E-state index contributed by atoms with van der Waals surface area (Å²) in [6.45, 7) is 2.06. The smallest absolute Gasteiger partial charge is 0.279 e. The summed E-state index contributed by atoms with van der Waals surface area (Å²) in [6.07, 6.45) is 0. The second kappa shape index (κ2) is 8.58. The zero-order valence-corrected chi connectivity index (χ0v) is 18.1. The molecule has 0 saturated heterocycles. The van der Waals surface area contributed by atoms with Gasteiger partial charge in [0.25, 0.3) is 5.89 Å². The minimum Gasteiger partial charge on any atom is -0.497 e. The molecule has 1 N–H and O–H groups in total. The molecule has 0 fully saturated rings. The molecule has 0 aliphatic rings. The van der Waals surface area contributed by atoms with E-state index >= 15 is 0 Å². The van der Waals surface area contributed by atoms with E-state index < -0.39 is 0 Å². The molecular formula is C25H21N5O3. The quantitative estimate of drug-likeness (QED) is 0.412. The number of hydrogen-bond acceptors (Lipinski definition) is 6. The van der Waals surface area contributed by atoms with Crippen LogP contribution in [0.4, 0.5) is 5.69 Å². The zero-order valence-electron chi connectivity index (χ0n) is 18.1. The van der Waals surface area contributed by atoms with E-state index in [1.54, 1.807) is 36.1 Å². The molecule has 0 unspecified atom stereocenters. The topological polar surface area (TPSA) is 95.1 Å². The molecule has 164 valence electrons. The van der Waals surface area contributed by atoms with Crippen LogP contribution in [0.15, 0.2) is 77.3 Å². The largest absolute Gasteiger partial charge is 0.497 e. The van der Waals surface area contributed by atoms with Gasteiger partial charge in [-0.15, -0.1) is 0 Å². The molecular weight excluding hydrogens is 418 g/mol. The summed E-state index contributed by atoms with van der Waals surface area (Å²) in [7, 11) is 1.60. The van der Waals surface area contributed by atoms with Crippen LogP contribution >= 0.6 is 0 Å². The van der Waals surface area contributed by atoms with Gasteiger partial charge in [-0.2, -0.15) is 10.1 Å². The van der Waals surface area contributed by atoms with Gasteiger partial charge in [-0.25, -0.2) is 0 Å². The number of benzene rings is 3. The van der Waals surface area contributed by atoms with E-state index in [9.17, 15) is 4.79 Å². The van der Waals surface area contributed by atoms with Crippen LogP contribution < -0.4 is 10.1 Å². The highest BCUT2D eigenvalue weighted by atomic mass is 16.5. The number of rotatable bonds is 6. The van der Waals surface area contributed by atoms with Crippen molar-refractivity contribution >= 4 is 22.5 Å². The Morgan fingerprint density at radius 3 is 2.55 bits per heavy atom. The van der Waals surface area contributed by atoms with E-state index in [0.29, 0.717) is 23.1 Å². The first kappa shape index (κ1) is 20.4. The van der Waals surface area contributed by atoms with Gasteiger partial charge in [-0.3, -0.25) is 9.48 Å². The van der Waals surface area contributed by atoms with Crippen molar-refractivity contribution in [1.82, 2.24) is 19.9 Å². The minimum absolute atomic E-state index is 0.0332.